The molecule has 0 saturated carbocycles. The van der Waals surface area contributed by atoms with Crippen LogP contribution < -0.4 is 0 Å². The summed E-state index contributed by atoms with van der Waals surface area (Å²) in [5.41, 5.74) is 2.25. The average molecular weight is 206 g/mol. The van der Waals surface area contributed by atoms with Gasteiger partial charge in [-0.15, -0.1) is 0 Å². The first-order chi connectivity index (χ1) is 7.27. The smallest absolute Gasteiger partial charge is 0.258 e. The van der Waals surface area contributed by atoms with Gasteiger partial charge in [0.05, 0.1) is 4.92 Å². The lowest BCUT2D eigenvalue weighted by molar-refractivity contribution is -0.385. The van der Waals surface area contributed by atoms with Crippen LogP contribution in [0, 0.1) is 10.1 Å². The van der Waals surface area contributed by atoms with E-state index in [1.807, 2.05) is 0 Å². The van der Waals surface area contributed by atoms with Gasteiger partial charge < -0.3 is 0 Å². The fraction of sp³-hybridized carbons (Fsp3) is 0.545. The van der Waals surface area contributed by atoms with Gasteiger partial charge in [0.1, 0.15) is 6.20 Å². The lowest BCUT2D eigenvalue weighted by atomic mass is 9.97. The van der Waals surface area contributed by atoms with Gasteiger partial charge in [0, 0.05) is 11.8 Å². The molecular weight excluding hydrogens is 192 g/mol. The summed E-state index contributed by atoms with van der Waals surface area (Å²) in [5.74, 6) is 0. The Morgan fingerprint density at radius 3 is 2.67 bits per heavy atom. The van der Waals surface area contributed by atoms with Crippen molar-refractivity contribution in [3.8, 4) is 0 Å². The molecule has 80 valence electrons. The maximum absolute atomic E-state index is 10.6. The predicted molar refractivity (Wildman–Crippen MR) is 56.8 cm³/mol. The quantitative estimate of drug-likeness (QED) is 0.524. The number of nitrogens with zero attached hydrogens (tertiary/aromatic N) is 2. The number of aryl methyl sites for hydroxylation is 2. The highest BCUT2D eigenvalue weighted by Crippen LogP contribution is 2.21. The molecule has 1 aliphatic carbocycles. The Labute approximate surface area is 88.5 Å². The van der Waals surface area contributed by atoms with E-state index in [2.05, 4.69) is 4.98 Å². The standard InChI is InChI=1S/C11H14N2O2/c14-13(15)10-7-9-5-3-1-2-4-6-11(9)12-8-10/h7-8H,1-6H2. The highest BCUT2D eigenvalue weighted by molar-refractivity contribution is 5.34. The highest BCUT2D eigenvalue weighted by atomic mass is 16.6. The number of hydrogen-bond acceptors (Lipinski definition) is 3. The average Bonchev–Trinajstić information content (AvgIpc) is 2.18. The molecule has 0 saturated heterocycles. The normalized spacial score (nSPS) is 16.3. The van der Waals surface area contributed by atoms with Crippen LogP contribution in [0.4, 0.5) is 5.69 Å². The van der Waals surface area contributed by atoms with Gasteiger partial charge in [-0.2, -0.15) is 0 Å². The van der Waals surface area contributed by atoms with Crippen LogP contribution in [0.2, 0.25) is 0 Å². The molecule has 1 aliphatic rings. The summed E-state index contributed by atoms with van der Waals surface area (Å²) in [6.45, 7) is 0. The number of hydrogen-bond donors (Lipinski definition) is 0. The van der Waals surface area contributed by atoms with Crippen molar-refractivity contribution in [2.24, 2.45) is 0 Å². The summed E-state index contributed by atoms with van der Waals surface area (Å²) in [4.78, 5) is 14.4. The zero-order chi connectivity index (χ0) is 10.7. The van der Waals surface area contributed by atoms with E-state index in [1.165, 1.54) is 19.0 Å². The van der Waals surface area contributed by atoms with Crippen LogP contribution in [0.25, 0.3) is 0 Å². The Morgan fingerprint density at radius 2 is 1.93 bits per heavy atom. The lowest BCUT2D eigenvalue weighted by Gasteiger charge is -2.11. The summed E-state index contributed by atoms with van der Waals surface area (Å²) in [6.07, 6.45) is 8.02. The number of fused-ring (bicyclic) bond motifs is 1. The minimum Gasteiger partial charge on any atom is -0.258 e. The molecule has 2 rings (SSSR count). The van der Waals surface area contributed by atoms with Crippen LogP contribution in [0.3, 0.4) is 0 Å². The molecule has 0 spiro atoms. The fourth-order valence-electron chi connectivity index (χ4n) is 2.03. The zero-order valence-electron chi connectivity index (χ0n) is 8.61. The molecule has 1 aromatic heterocycles. The fourth-order valence-corrected chi connectivity index (χ4v) is 2.03. The van der Waals surface area contributed by atoms with Crippen molar-refractivity contribution in [1.82, 2.24) is 4.98 Å². The molecule has 0 aliphatic heterocycles. The van der Waals surface area contributed by atoms with E-state index in [4.69, 9.17) is 0 Å². The van der Waals surface area contributed by atoms with Gasteiger partial charge in [-0.05, 0) is 31.2 Å². The van der Waals surface area contributed by atoms with Gasteiger partial charge in [0.25, 0.3) is 5.69 Å². The van der Waals surface area contributed by atoms with E-state index < -0.39 is 0 Å². The van der Waals surface area contributed by atoms with E-state index in [0.29, 0.717) is 0 Å². The largest absolute Gasteiger partial charge is 0.287 e. The molecule has 0 fully saturated rings. The van der Waals surface area contributed by atoms with E-state index in [1.54, 1.807) is 6.07 Å². The number of pyridine rings is 1. The molecular formula is C11H14N2O2. The molecule has 0 atom stereocenters. The predicted octanol–water partition coefficient (Wildman–Crippen LogP) is 2.65. The van der Waals surface area contributed by atoms with E-state index in [9.17, 15) is 10.1 Å². The summed E-state index contributed by atoms with van der Waals surface area (Å²) in [7, 11) is 0. The molecule has 0 N–H and O–H groups in total. The van der Waals surface area contributed by atoms with Crippen LogP contribution in [-0.2, 0) is 12.8 Å². The second-order valence-electron chi connectivity index (χ2n) is 3.97. The Morgan fingerprint density at radius 1 is 1.20 bits per heavy atom. The summed E-state index contributed by atoms with van der Waals surface area (Å²) < 4.78 is 0. The molecule has 1 heterocycles. The Bertz CT molecular complexity index is 377. The number of nitro groups is 1. The third-order valence-electron chi connectivity index (χ3n) is 2.87. The molecule has 0 bridgehead atoms. The van der Waals surface area contributed by atoms with Crippen molar-refractivity contribution in [1.29, 1.82) is 0 Å². The van der Waals surface area contributed by atoms with Crippen LogP contribution in [0.1, 0.15) is 36.9 Å². The lowest BCUT2D eigenvalue weighted by Crippen LogP contribution is -2.03. The van der Waals surface area contributed by atoms with Crippen LogP contribution in [-0.4, -0.2) is 9.91 Å². The topological polar surface area (TPSA) is 56.0 Å². The van der Waals surface area contributed by atoms with Crippen LogP contribution >= 0.6 is 0 Å². The molecule has 1 aromatic rings. The second kappa shape index (κ2) is 4.38. The Kier molecular flexibility index (Phi) is 2.94. The third kappa shape index (κ3) is 2.32. The first-order valence-electron chi connectivity index (χ1n) is 5.39. The van der Waals surface area contributed by atoms with Crippen LogP contribution in [0.5, 0.6) is 0 Å². The van der Waals surface area contributed by atoms with Gasteiger partial charge in [0.15, 0.2) is 0 Å². The number of rotatable bonds is 1. The van der Waals surface area contributed by atoms with Crippen molar-refractivity contribution in [2.45, 2.75) is 38.5 Å². The van der Waals surface area contributed by atoms with Gasteiger partial charge in [0.2, 0.25) is 0 Å². The van der Waals surface area contributed by atoms with Gasteiger partial charge in [-0.1, -0.05) is 12.8 Å². The van der Waals surface area contributed by atoms with Crippen molar-refractivity contribution >= 4 is 5.69 Å². The minimum atomic E-state index is -0.369. The van der Waals surface area contributed by atoms with Crippen molar-refractivity contribution < 1.29 is 4.92 Å². The highest BCUT2D eigenvalue weighted by Gasteiger charge is 2.13. The van der Waals surface area contributed by atoms with Crippen molar-refractivity contribution in [2.75, 3.05) is 0 Å². The van der Waals surface area contributed by atoms with Crippen molar-refractivity contribution in [3.05, 3.63) is 33.6 Å². The Balaban J connectivity index is 2.31. The summed E-state index contributed by atoms with van der Waals surface area (Å²) in [6, 6.07) is 1.69. The summed E-state index contributed by atoms with van der Waals surface area (Å²) in [5, 5.41) is 10.6. The summed E-state index contributed by atoms with van der Waals surface area (Å²) >= 11 is 0. The first-order valence-corrected chi connectivity index (χ1v) is 5.39. The van der Waals surface area contributed by atoms with Crippen LogP contribution in [0.15, 0.2) is 12.3 Å². The van der Waals surface area contributed by atoms with Crippen molar-refractivity contribution in [3.63, 3.8) is 0 Å². The molecule has 0 amide bonds. The second-order valence-corrected chi connectivity index (χ2v) is 3.97. The molecule has 0 aromatic carbocycles. The monoisotopic (exact) mass is 206 g/mol. The molecule has 0 radical (unpaired) electrons. The van der Waals surface area contributed by atoms with E-state index >= 15 is 0 Å². The van der Waals surface area contributed by atoms with Gasteiger partial charge >= 0.3 is 0 Å². The molecule has 4 nitrogen and oxygen atoms in total. The molecule has 0 unspecified atom stereocenters. The zero-order valence-corrected chi connectivity index (χ0v) is 8.61. The van der Waals surface area contributed by atoms with Gasteiger partial charge in [-0.3, -0.25) is 15.1 Å². The number of aromatic nitrogens is 1. The SMILES string of the molecule is O=[N+]([O-])c1cnc2c(c1)CCCCCC2. The maximum atomic E-state index is 10.6. The van der Waals surface area contributed by atoms with Gasteiger partial charge in [-0.25, -0.2) is 0 Å². The van der Waals surface area contributed by atoms with E-state index in [-0.39, 0.29) is 10.6 Å². The maximum Gasteiger partial charge on any atom is 0.287 e. The third-order valence-corrected chi connectivity index (χ3v) is 2.87. The minimum absolute atomic E-state index is 0.120. The molecule has 15 heavy (non-hydrogen) atoms. The Hall–Kier alpha value is -1.45. The van der Waals surface area contributed by atoms with E-state index in [0.717, 1.165) is 36.9 Å². The molecule has 4 heteroatoms. The first kappa shape index (κ1) is 10.1.